The molecule has 0 N–H and O–H groups in total. The van der Waals surface area contributed by atoms with Crippen molar-refractivity contribution in [2.24, 2.45) is 0 Å². The normalized spacial score (nSPS) is 13.7. The van der Waals surface area contributed by atoms with Gasteiger partial charge in [0.1, 0.15) is 13.2 Å². The molecule has 0 spiro atoms. The molecule has 1 aliphatic heterocycles. The molecule has 2 aromatic heterocycles. The van der Waals surface area contributed by atoms with E-state index >= 15 is 0 Å². The smallest absolute Gasteiger partial charge is 0.161 e. The third-order valence-electron chi connectivity index (χ3n) is 3.73. The van der Waals surface area contributed by atoms with E-state index < -0.39 is 0 Å². The summed E-state index contributed by atoms with van der Waals surface area (Å²) in [4.78, 5) is 0. The van der Waals surface area contributed by atoms with Crippen LogP contribution in [0.15, 0.2) is 48.7 Å². The summed E-state index contributed by atoms with van der Waals surface area (Å²) < 4.78 is 13.4. The third-order valence-corrected chi connectivity index (χ3v) is 3.73. The zero-order valence-corrected chi connectivity index (χ0v) is 11.3. The van der Waals surface area contributed by atoms with Crippen molar-refractivity contribution in [2.45, 2.75) is 6.92 Å². The lowest BCUT2D eigenvalue weighted by Crippen LogP contribution is -2.15. The first-order valence-corrected chi connectivity index (χ1v) is 6.79. The van der Waals surface area contributed by atoms with Gasteiger partial charge in [0, 0.05) is 17.4 Å². The number of rotatable bonds is 1. The van der Waals surface area contributed by atoms with Gasteiger partial charge in [0.2, 0.25) is 0 Å². The van der Waals surface area contributed by atoms with Gasteiger partial charge in [-0.15, -0.1) is 0 Å². The summed E-state index contributed by atoms with van der Waals surface area (Å²) in [5, 5.41) is 0. The minimum Gasteiger partial charge on any atom is -0.486 e. The van der Waals surface area contributed by atoms with Gasteiger partial charge in [0.15, 0.2) is 11.5 Å². The Morgan fingerprint density at radius 2 is 1.60 bits per heavy atom. The van der Waals surface area contributed by atoms with Gasteiger partial charge in [0.25, 0.3) is 0 Å². The van der Waals surface area contributed by atoms with Crippen molar-refractivity contribution in [1.82, 2.24) is 4.40 Å². The van der Waals surface area contributed by atoms with Crippen molar-refractivity contribution in [1.29, 1.82) is 0 Å². The van der Waals surface area contributed by atoms with Gasteiger partial charge in [-0.1, -0.05) is 12.1 Å². The minimum absolute atomic E-state index is 0.617. The van der Waals surface area contributed by atoms with E-state index in [4.69, 9.17) is 9.47 Å². The SMILES string of the molecule is Cc1ccc2ccc(-c3ccc4c(c3)OCCO4)cn12. The molecule has 0 aliphatic carbocycles. The van der Waals surface area contributed by atoms with E-state index in [9.17, 15) is 0 Å². The molecular formula is C17H15NO2. The number of aromatic nitrogens is 1. The summed E-state index contributed by atoms with van der Waals surface area (Å²) in [5.74, 6) is 1.66. The van der Waals surface area contributed by atoms with Crippen LogP contribution >= 0.6 is 0 Å². The van der Waals surface area contributed by atoms with Gasteiger partial charge in [0.05, 0.1) is 0 Å². The van der Waals surface area contributed by atoms with Crippen molar-refractivity contribution in [3.05, 3.63) is 54.4 Å². The molecule has 1 aliphatic rings. The van der Waals surface area contributed by atoms with Gasteiger partial charge in [-0.2, -0.15) is 0 Å². The largest absolute Gasteiger partial charge is 0.486 e. The lowest BCUT2D eigenvalue weighted by molar-refractivity contribution is 0.171. The highest BCUT2D eigenvalue weighted by Crippen LogP contribution is 2.34. The lowest BCUT2D eigenvalue weighted by Gasteiger charge is -2.19. The summed E-state index contributed by atoms with van der Waals surface area (Å²) >= 11 is 0. The van der Waals surface area contributed by atoms with Gasteiger partial charge < -0.3 is 13.9 Å². The van der Waals surface area contributed by atoms with E-state index in [-0.39, 0.29) is 0 Å². The molecule has 3 nitrogen and oxygen atoms in total. The quantitative estimate of drug-likeness (QED) is 0.669. The Balaban J connectivity index is 1.83. The van der Waals surface area contributed by atoms with Crippen LogP contribution in [0.5, 0.6) is 11.5 Å². The van der Waals surface area contributed by atoms with Gasteiger partial charge in [-0.3, -0.25) is 0 Å². The number of hydrogen-bond acceptors (Lipinski definition) is 2. The van der Waals surface area contributed by atoms with Crippen molar-refractivity contribution >= 4 is 5.52 Å². The second kappa shape index (κ2) is 4.30. The molecule has 3 heterocycles. The number of fused-ring (bicyclic) bond motifs is 2. The van der Waals surface area contributed by atoms with E-state index in [2.05, 4.69) is 53.9 Å². The maximum atomic E-state index is 5.65. The van der Waals surface area contributed by atoms with E-state index in [1.54, 1.807) is 0 Å². The molecule has 3 aromatic rings. The topological polar surface area (TPSA) is 22.9 Å². The Kier molecular flexibility index (Phi) is 2.46. The van der Waals surface area contributed by atoms with Gasteiger partial charge >= 0.3 is 0 Å². The highest BCUT2D eigenvalue weighted by Gasteiger charge is 2.12. The number of pyridine rings is 1. The zero-order chi connectivity index (χ0) is 13.5. The molecule has 20 heavy (non-hydrogen) atoms. The van der Waals surface area contributed by atoms with E-state index in [0.717, 1.165) is 17.1 Å². The lowest BCUT2D eigenvalue weighted by atomic mass is 10.1. The van der Waals surface area contributed by atoms with E-state index in [1.807, 2.05) is 6.07 Å². The van der Waals surface area contributed by atoms with Crippen LogP contribution in [0.2, 0.25) is 0 Å². The maximum absolute atomic E-state index is 5.65. The number of aryl methyl sites for hydroxylation is 1. The second-order valence-corrected chi connectivity index (χ2v) is 5.05. The van der Waals surface area contributed by atoms with E-state index in [0.29, 0.717) is 13.2 Å². The monoisotopic (exact) mass is 265 g/mol. The van der Waals surface area contributed by atoms with Crippen LogP contribution in [0, 0.1) is 6.92 Å². The molecule has 0 unspecified atom stereocenters. The molecule has 0 radical (unpaired) electrons. The van der Waals surface area contributed by atoms with Crippen LogP contribution in [-0.4, -0.2) is 17.6 Å². The van der Waals surface area contributed by atoms with Crippen molar-refractivity contribution < 1.29 is 9.47 Å². The average molecular weight is 265 g/mol. The fourth-order valence-electron chi connectivity index (χ4n) is 2.63. The molecule has 3 heteroatoms. The summed E-state index contributed by atoms with van der Waals surface area (Å²) in [6, 6.07) is 14.6. The predicted molar refractivity (Wildman–Crippen MR) is 78.6 cm³/mol. The van der Waals surface area contributed by atoms with Crippen molar-refractivity contribution in [3.8, 4) is 22.6 Å². The molecule has 4 rings (SSSR count). The molecule has 0 saturated heterocycles. The van der Waals surface area contributed by atoms with Crippen LogP contribution in [-0.2, 0) is 0 Å². The highest BCUT2D eigenvalue weighted by molar-refractivity contribution is 5.69. The molecule has 100 valence electrons. The Morgan fingerprint density at radius 3 is 2.50 bits per heavy atom. The average Bonchev–Trinajstić information content (AvgIpc) is 2.88. The number of hydrogen-bond donors (Lipinski definition) is 0. The first-order valence-electron chi connectivity index (χ1n) is 6.79. The van der Waals surface area contributed by atoms with Gasteiger partial charge in [-0.25, -0.2) is 0 Å². The molecule has 0 bridgehead atoms. The number of nitrogens with zero attached hydrogens (tertiary/aromatic N) is 1. The summed E-state index contributed by atoms with van der Waals surface area (Å²) in [7, 11) is 0. The molecule has 0 atom stereocenters. The standard InChI is InChI=1S/C17H15NO2/c1-12-2-5-15-6-3-14(11-18(12)15)13-4-7-16-17(10-13)20-9-8-19-16/h2-7,10-11H,8-9H2,1H3. The first-order chi connectivity index (χ1) is 9.81. The highest BCUT2D eigenvalue weighted by atomic mass is 16.6. The number of benzene rings is 1. The molecule has 0 fully saturated rings. The Morgan fingerprint density at radius 1 is 0.850 bits per heavy atom. The molecule has 0 saturated carbocycles. The number of ether oxygens (including phenoxy) is 2. The van der Waals surface area contributed by atoms with Gasteiger partial charge in [-0.05, 0) is 48.4 Å². The van der Waals surface area contributed by atoms with Crippen molar-refractivity contribution in [3.63, 3.8) is 0 Å². The Labute approximate surface area is 117 Å². The van der Waals surface area contributed by atoms with Crippen molar-refractivity contribution in [2.75, 3.05) is 13.2 Å². The minimum atomic E-state index is 0.617. The third kappa shape index (κ3) is 1.74. The summed E-state index contributed by atoms with van der Waals surface area (Å²) in [5.41, 5.74) is 4.77. The fourth-order valence-corrected chi connectivity index (χ4v) is 2.63. The van der Waals surface area contributed by atoms with Crippen LogP contribution in [0.4, 0.5) is 0 Å². The Hall–Kier alpha value is -2.42. The Bertz CT molecular complexity index is 789. The summed E-state index contributed by atoms with van der Waals surface area (Å²) in [6.45, 7) is 3.35. The van der Waals surface area contributed by atoms with Crippen LogP contribution in [0.1, 0.15) is 5.69 Å². The van der Waals surface area contributed by atoms with E-state index in [1.165, 1.54) is 16.8 Å². The second-order valence-electron chi connectivity index (χ2n) is 5.05. The maximum Gasteiger partial charge on any atom is 0.161 e. The predicted octanol–water partition coefficient (Wildman–Crippen LogP) is 3.69. The van der Waals surface area contributed by atoms with Crippen LogP contribution in [0.25, 0.3) is 16.6 Å². The first kappa shape index (κ1) is 11.4. The molecule has 0 amide bonds. The molecule has 1 aromatic carbocycles. The zero-order valence-electron chi connectivity index (χ0n) is 11.3. The fraction of sp³-hybridized carbons (Fsp3) is 0.176. The van der Waals surface area contributed by atoms with Crippen LogP contribution < -0.4 is 9.47 Å². The van der Waals surface area contributed by atoms with Crippen LogP contribution in [0.3, 0.4) is 0 Å². The summed E-state index contributed by atoms with van der Waals surface area (Å²) in [6.07, 6.45) is 2.16. The molecular weight excluding hydrogens is 250 g/mol.